The standard InChI is InChI=1S/C7H4BrFN2OS.C2H6/c8-5-3-10-7(12)4-1-2-11(13-9)6(4)5;1-2/h1-3H,(H,10,12);1-2H3. The van der Waals surface area contributed by atoms with E-state index in [1.165, 1.54) is 16.4 Å². The molecule has 2 aromatic rings. The summed E-state index contributed by atoms with van der Waals surface area (Å²) in [6, 6.07) is 1.57. The molecule has 2 rings (SSSR count). The van der Waals surface area contributed by atoms with Crippen LogP contribution >= 0.6 is 28.3 Å². The van der Waals surface area contributed by atoms with Gasteiger partial charge in [0.15, 0.2) is 12.3 Å². The first-order valence-electron chi connectivity index (χ1n) is 4.41. The molecule has 2 aromatic heterocycles. The number of H-pyrrole nitrogens is 1. The summed E-state index contributed by atoms with van der Waals surface area (Å²) in [6.07, 6.45) is 3.01. The molecule has 0 saturated carbocycles. The summed E-state index contributed by atoms with van der Waals surface area (Å²) < 4.78 is 14.3. The Kier molecular flexibility index (Phi) is 4.41. The van der Waals surface area contributed by atoms with Crippen molar-refractivity contribution < 1.29 is 3.89 Å². The van der Waals surface area contributed by atoms with E-state index in [1.807, 2.05) is 13.8 Å². The highest BCUT2D eigenvalue weighted by Crippen LogP contribution is 2.25. The van der Waals surface area contributed by atoms with Crippen LogP contribution in [0.2, 0.25) is 0 Å². The Morgan fingerprint density at radius 3 is 2.80 bits per heavy atom. The first-order valence-corrected chi connectivity index (χ1v) is 5.88. The number of aromatic nitrogens is 2. The molecule has 82 valence electrons. The molecule has 0 unspecified atom stereocenters. The lowest BCUT2D eigenvalue weighted by Gasteiger charge is -1.97. The van der Waals surface area contributed by atoms with Gasteiger partial charge in [0, 0.05) is 12.4 Å². The summed E-state index contributed by atoms with van der Waals surface area (Å²) in [7, 11) is 0. The van der Waals surface area contributed by atoms with Gasteiger partial charge < -0.3 is 4.98 Å². The van der Waals surface area contributed by atoms with Crippen molar-refractivity contribution in [2.45, 2.75) is 13.8 Å². The van der Waals surface area contributed by atoms with Gasteiger partial charge in [-0.2, -0.15) is 0 Å². The number of hydrogen-bond acceptors (Lipinski definition) is 2. The molecule has 0 atom stereocenters. The van der Waals surface area contributed by atoms with Crippen molar-refractivity contribution in [2.75, 3.05) is 0 Å². The lowest BCUT2D eigenvalue weighted by Crippen LogP contribution is -2.04. The number of aromatic amines is 1. The number of nitrogens with one attached hydrogen (secondary N) is 1. The first kappa shape index (κ1) is 12.3. The van der Waals surface area contributed by atoms with Crippen molar-refractivity contribution >= 4 is 39.2 Å². The summed E-state index contributed by atoms with van der Waals surface area (Å²) in [5, 5.41) is 0.472. The average molecular weight is 293 g/mol. The van der Waals surface area contributed by atoms with Gasteiger partial charge in [0.1, 0.15) is 0 Å². The molecule has 0 radical (unpaired) electrons. The lowest BCUT2D eigenvalue weighted by molar-refractivity contribution is 0.921. The predicted molar refractivity (Wildman–Crippen MR) is 65.7 cm³/mol. The van der Waals surface area contributed by atoms with E-state index >= 15 is 0 Å². The first-order chi connectivity index (χ1) is 7.24. The van der Waals surface area contributed by atoms with Crippen LogP contribution in [0.25, 0.3) is 10.9 Å². The zero-order valence-corrected chi connectivity index (χ0v) is 10.7. The number of nitrogens with zero attached hydrogens (tertiary/aromatic N) is 1. The minimum Gasteiger partial charge on any atom is -0.327 e. The number of hydrogen-bond donors (Lipinski definition) is 1. The van der Waals surface area contributed by atoms with Gasteiger partial charge in [-0.05, 0) is 22.0 Å². The quantitative estimate of drug-likeness (QED) is 0.874. The van der Waals surface area contributed by atoms with Gasteiger partial charge >= 0.3 is 0 Å². The monoisotopic (exact) mass is 292 g/mol. The molecule has 3 nitrogen and oxygen atoms in total. The van der Waals surface area contributed by atoms with Crippen LogP contribution < -0.4 is 5.56 Å². The van der Waals surface area contributed by atoms with E-state index < -0.39 is 0 Å². The highest BCUT2D eigenvalue weighted by atomic mass is 79.9. The summed E-state index contributed by atoms with van der Waals surface area (Å²) in [6.45, 7) is 4.00. The summed E-state index contributed by atoms with van der Waals surface area (Å²) in [5.41, 5.74) is 0.335. The molecule has 0 aliphatic rings. The molecule has 0 fully saturated rings. The maximum absolute atomic E-state index is 12.3. The fourth-order valence-electron chi connectivity index (χ4n) is 1.16. The van der Waals surface area contributed by atoms with Gasteiger partial charge in [-0.15, -0.1) is 3.89 Å². The molecule has 6 heteroatoms. The van der Waals surface area contributed by atoms with Crippen molar-refractivity contribution in [3.05, 3.63) is 33.3 Å². The summed E-state index contributed by atoms with van der Waals surface area (Å²) in [5.74, 6) is 0. The highest BCUT2D eigenvalue weighted by molar-refractivity contribution is 9.10. The van der Waals surface area contributed by atoms with Crippen molar-refractivity contribution in [2.24, 2.45) is 0 Å². The average Bonchev–Trinajstić information content (AvgIpc) is 2.71. The van der Waals surface area contributed by atoms with Gasteiger partial charge in [-0.1, -0.05) is 13.8 Å². The molecule has 0 saturated heterocycles. The van der Waals surface area contributed by atoms with Gasteiger partial charge in [0.05, 0.1) is 15.4 Å². The van der Waals surface area contributed by atoms with E-state index in [0.717, 1.165) is 0 Å². The third kappa shape index (κ3) is 2.26. The molecule has 2 heterocycles. The Labute approximate surface area is 99.2 Å². The predicted octanol–water partition coefficient (Wildman–Crippen LogP) is 3.50. The Morgan fingerprint density at radius 1 is 1.53 bits per heavy atom. The van der Waals surface area contributed by atoms with E-state index in [2.05, 4.69) is 20.9 Å². The summed E-state index contributed by atoms with van der Waals surface area (Å²) in [4.78, 5) is 13.8. The van der Waals surface area contributed by atoms with Crippen LogP contribution in [0.3, 0.4) is 0 Å². The molecule has 1 N–H and O–H groups in total. The van der Waals surface area contributed by atoms with E-state index in [1.54, 1.807) is 6.07 Å². The Balaban J connectivity index is 0.000000531. The number of pyridine rings is 1. The number of halogens is 2. The van der Waals surface area contributed by atoms with Crippen molar-refractivity contribution in [3.63, 3.8) is 0 Å². The van der Waals surface area contributed by atoms with Crippen LogP contribution in [0.1, 0.15) is 13.8 Å². The minimum absolute atomic E-state index is 0.0617. The number of fused-ring (bicyclic) bond motifs is 1. The van der Waals surface area contributed by atoms with E-state index in [9.17, 15) is 8.68 Å². The minimum atomic E-state index is -0.217. The normalized spacial score (nSPS) is 9.87. The van der Waals surface area contributed by atoms with Crippen molar-refractivity contribution in [3.8, 4) is 0 Å². The van der Waals surface area contributed by atoms with Gasteiger partial charge in [-0.3, -0.25) is 8.77 Å². The smallest absolute Gasteiger partial charge is 0.257 e. The van der Waals surface area contributed by atoms with E-state index in [0.29, 0.717) is 15.4 Å². The van der Waals surface area contributed by atoms with Gasteiger partial charge in [0.25, 0.3) is 5.56 Å². The maximum Gasteiger partial charge on any atom is 0.257 e. The fourth-order valence-corrected chi connectivity index (χ4v) is 2.17. The topological polar surface area (TPSA) is 37.8 Å². The van der Waals surface area contributed by atoms with Crippen LogP contribution in [0.15, 0.2) is 27.7 Å². The highest BCUT2D eigenvalue weighted by Gasteiger charge is 2.08. The lowest BCUT2D eigenvalue weighted by atomic mass is 10.3. The van der Waals surface area contributed by atoms with Gasteiger partial charge in [-0.25, -0.2) is 0 Å². The second-order valence-electron chi connectivity index (χ2n) is 2.44. The van der Waals surface area contributed by atoms with Crippen LogP contribution in [-0.2, 0) is 0 Å². The fraction of sp³-hybridized carbons (Fsp3) is 0.222. The third-order valence-corrected chi connectivity index (χ3v) is 2.78. The third-order valence-electron chi connectivity index (χ3n) is 1.73. The van der Waals surface area contributed by atoms with Crippen LogP contribution in [-0.4, -0.2) is 8.96 Å². The Bertz CT molecular complexity index is 508. The molecule has 0 amide bonds. The second-order valence-corrected chi connectivity index (χ2v) is 3.82. The molecular formula is C9H10BrFN2OS. The van der Waals surface area contributed by atoms with Crippen molar-refractivity contribution in [1.29, 1.82) is 0 Å². The molecule has 15 heavy (non-hydrogen) atoms. The largest absolute Gasteiger partial charge is 0.327 e. The second kappa shape index (κ2) is 5.37. The van der Waals surface area contributed by atoms with E-state index in [4.69, 9.17) is 0 Å². The Hall–Kier alpha value is -0.750. The molecule has 0 bridgehead atoms. The molecule has 0 aliphatic carbocycles. The molecule has 0 spiro atoms. The van der Waals surface area contributed by atoms with E-state index in [-0.39, 0.29) is 17.9 Å². The van der Waals surface area contributed by atoms with Crippen molar-refractivity contribution in [1.82, 2.24) is 8.96 Å². The molecule has 0 aromatic carbocycles. The SMILES string of the molecule is CC.O=c1[nH]cc(Br)c2c1ccn2SF. The molecular weight excluding hydrogens is 283 g/mol. The maximum atomic E-state index is 12.3. The molecule has 0 aliphatic heterocycles. The zero-order chi connectivity index (χ0) is 11.4. The van der Waals surface area contributed by atoms with Crippen LogP contribution in [0.4, 0.5) is 3.89 Å². The van der Waals surface area contributed by atoms with Crippen LogP contribution in [0, 0.1) is 0 Å². The Morgan fingerprint density at radius 2 is 2.20 bits per heavy atom. The summed E-state index contributed by atoms with van der Waals surface area (Å²) >= 11 is 3.29. The number of rotatable bonds is 1. The zero-order valence-electron chi connectivity index (χ0n) is 8.25. The van der Waals surface area contributed by atoms with Gasteiger partial charge in [0.2, 0.25) is 0 Å². The van der Waals surface area contributed by atoms with Crippen LogP contribution in [0.5, 0.6) is 0 Å².